The van der Waals surface area contributed by atoms with Crippen LogP contribution >= 0.6 is 17.5 Å². The van der Waals surface area contributed by atoms with Crippen molar-refractivity contribution in [1.82, 2.24) is 9.99 Å². The maximum atomic E-state index is 4.97. The van der Waals surface area contributed by atoms with Crippen molar-refractivity contribution in [2.75, 3.05) is 20.4 Å². The van der Waals surface area contributed by atoms with Gasteiger partial charge in [-0.3, -0.25) is 4.84 Å². The third-order valence-electron chi connectivity index (χ3n) is 0.775. The maximum absolute atomic E-state index is 4.97. The zero-order chi connectivity index (χ0) is 8.69. The van der Waals surface area contributed by atoms with Crippen LogP contribution in [0.3, 0.4) is 0 Å². The van der Waals surface area contributed by atoms with Gasteiger partial charge in [-0.1, -0.05) is 0 Å². The highest BCUT2D eigenvalue weighted by Crippen LogP contribution is 2.20. The molecule has 0 aromatic rings. The molecular formula is C3H13N3O3P2. The molecule has 0 saturated heterocycles. The van der Waals surface area contributed by atoms with Gasteiger partial charge < -0.3 is 0 Å². The fraction of sp³-hybridized carbons (Fsp3) is 1.00. The van der Waals surface area contributed by atoms with E-state index >= 15 is 0 Å². The van der Waals surface area contributed by atoms with Gasteiger partial charge in [-0.25, -0.2) is 0 Å². The van der Waals surface area contributed by atoms with Gasteiger partial charge >= 0.3 is 0 Å². The molecule has 0 radical (unpaired) electrons. The Morgan fingerprint density at radius 2 is 1.73 bits per heavy atom. The van der Waals surface area contributed by atoms with E-state index < -0.39 is 0 Å². The van der Waals surface area contributed by atoms with Gasteiger partial charge in [0.25, 0.3) is 0 Å². The molecule has 2 unspecified atom stereocenters. The third kappa shape index (κ3) is 4.95. The number of hydrogen-bond donors (Lipinski definition) is 1. The summed E-state index contributed by atoms with van der Waals surface area (Å²) in [7, 11) is 2.16. The highest BCUT2D eigenvalue weighted by Gasteiger charge is 2.07. The summed E-state index contributed by atoms with van der Waals surface area (Å²) < 4.78 is 0. The summed E-state index contributed by atoms with van der Waals surface area (Å²) >= 11 is 0. The highest BCUT2D eigenvalue weighted by molar-refractivity contribution is 7.34. The summed E-state index contributed by atoms with van der Waals surface area (Å²) in [4.78, 5) is 16.5. The second kappa shape index (κ2) is 7.28. The number of hydrogen-bond acceptors (Lipinski definition) is 6. The smallest absolute Gasteiger partial charge is 0.0605 e. The van der Waals surface area contributed by atoms with Crippen LogP contribution in [-0.4, -0.2) is 30.4 Å². The Labute approximate surface area is 69.4 Å². The largest absolute Gasteiger partial charge is 0.273 e. The van der Waals surface area contributed by atoms with Crippen LogP contribution in [0.15, 0.2) is 0 Å². The fourth-order valence-corrected chi connectivity index (χ4v) is 1.03. The summed E-state index contributed by atoms with van der Waals surface area (Å²) in [5, 5.41) is 0. The number of rotatable bonds is 6. The molecule has 11 heavy (non-hydrogen) atoms. The molecular weight excluding hydrogens is 188 g/mol. The van der Waals surface area contributed by atoms with Crippen LogP contribution in [-0.2, 0) is 14.7 Å². The van der Waals surface area contributed by atoms with Crippen molar-refractivity contribution < 1.29 is 14.7 Å². The first-order valence-electron chi connectivity index (χ1n) is 2.82. The number of nitrogens with two attached hydrogens (primary N) is 1. The standard InChI is InChI=1S/C3H13N3O3P2/c1-7-5(10-2)9-6(8-4)11-3/h10-11H,4H2,1-3H3. The van der Waals surface area contributed by atoms with E-state index in [2.05, 4.69) is 4.94 Å². The van der Waals surface area contributed by atoms with Crippen LogP contribution in [0.4, 0.5) is 0 Å². The van der Waals surface area contributed by atoms with Crippen LogP contribution < -0.4 is 5.90 Å². The lowest BCUT2D eigenvalue weighted by Gasteiger charge is -2.21. The minimum Gasteiger partial charge on any atom is -0.273 e. The van der Waals surface area contributed by atoms with Crippen molar-refractivity contribution >= 4 is 17.5 Å². The number of nitrogens with zero attached hydrogens (tertiary/aromatic N) is 2. The summed E-state index contributed by atoms with van der Waals surface area (Å²) in [5.74, 6) is 4.87. The fourth-order valence-electron chi connectivity index (χ4n) is 0.346. The Bertz CT molecular complexity index is 79.9. The van der Waals surface area contributed by atoms with E-state index in [0.717, 1.165) is 5.00 Å². The van der Waals surface area contributed by atoms with E-state index in [9.17, 15) is 0 Å². The summed E-state index contributed by atoms with van der Waals surface area (Å²) in [5.41, 5.74) is 0. The van der Waals surface area contributed by atoms with Crippen LogP contribution in [0.5, 0.6) is 0 Å². The molecule has 0 spiro atoms. The molecule has 0 aliphatic heterocycles. The quantitative estimate of drug-likeness (QED) is 0.491. The van der Waals surface area contributed by atoms with E-state index in [1.807, 2.05) is 13.3 Å². The zero-order valence-corrected chi connectivity index (χ0v) is 8.70. The molecule has 2 N–H and O–H groups in total. The van der Waals surface area contributed by atoms with Gasteiger partial charge in [0.05, 0.1) is 7.11 Å². The predicted octanol–water partition coefficient (Wildman–Crippen LogP) is 0.250. The molecule has 2 atom stereocenters. The Morgan fingerprint density at radius 3 is 2.00 bits per heavy atom. The van der Waals surface area contributed by atoms with Crippen molar-refractivity contribution in [2.24, 2.45) is 5.90 Å². The predicted molar refractivity (Wildman–Crippen MR) is 45.5 cm³/mol. The van der Waals surface area contributed by atoms with Crippen LogP contribution in [0.1, 0.15) is 0 Å². The minimum absolute atomic E-state index is 0.294. The molecule has 6 nitrogen and oxygen atoms in total. The Kier molecular flexibility index (Phi) is 7.69. The van der Waals surface area contributed by atoms with Crippen LogP contribution in [0, 0.1) is 0 Å². The van der Waals surface area contributed by atoms with E-state index in [1.165, 1.54) is 12.1 Å². The molecule has 0 aromatic carbocycles. The first-order valence-corrected chi connectivity index (χ1v) is 5.72. The average molecular weight is 201 g/mol. The summed E-state index contributed by atoms with van der Waals surface area (Å²) in [6, 6.07) is 0. The zero-order valence-electron chi connectivity index (χ0n) is 6.70. The molecule has 0 rings (SSSR count). The molecule has 0 fully saturated rings. The average Bonchev–Trinajstić information content (AvgIpc) is 2.07. The molecule has 0 aliphatic carbocycles. The lowest BCUT2D eigenvalue weighted by Crippen LogP contribution is -2.26. The van der Waals surface area contributed by atoms with Gasteiger partial charge in [-0.15, -0.1) is 4.94 Å². The monoisotopic (exact) mass is 201 g/mol. The molecule has 0 aliphatic rings. The lowest BCUT2D eigenvalue weighted by atomic mass is 11.7. The van der Waals surface area contributed by atoms with Crippen LogP contribution in [0.2, 0.25) is 0 Å². The van der Waals surface area contributed by atoms with Crippen molar-refractivity contribution in [1.29, 1.82) is 0 Å². The first-order chi connectivity index (χ1) is 5.28. The van der Waals surface area contributed by atoms with E-state index in [4.69, 9.17) is 15.7 Å². The molecule has 0 aromatic heterocycles. The van der Waals surface area contributed by atoms with Crippen molar-refractivity contribution in [3.05, 3.63) is 0 Å². The molecule has 0 bridgehead atoms. The van der Waals surface area contributed by atoms with Crippen molar-refractivity contribution in [2.45, 2.75) is 0 Å². The second-order valence-electron chi connectivity index (χ2n) is 1.33. The Morgan fingerprint density at radius 1 is 1.18 bits per heavy atom. The molecule has 68 valence electrons. The minimum atomic E-state index is 0.294. The second-order valence-corrected chi connectivity index (χ2v) is 2.96. The van der Waals surface area contributed by atoms with Crippen LogP contribution in [0.25, 0.3) is 0 Å². The van der Waals surface area contributed by atoms with Gasteiger partial charge in [0.2, 0.25) is 0 Å². The van der Waals surface area contributed by atoms with Crippen molar-refractivity contribution in [3.8, 4) is 0 Å². The van der Waals surface area contributed by atoms with E-state index in [0.29, 0.717) is 17.5 Å². The van der Waals surface area contributed by atoms with Gasteiger partial charge in [0, 0.05) is 17.5 Å². The molecule has 0 saturated carbocycles. The SMILES string of the molecule is CON(ON(ON)PC)PC. The normalized spacial score (nSPS) is 13.6. The van der Waals surface area contributed by atoms with Gasteiger partial charge in [0.1, 0.15) is 0 Å². The van der Waals surface area contributed by atoms with Gasteiger partial charge in [0.15, 0.2) is 0 Å². The molecule has 8 heteroatoms. The van der Waals surface area contributed by atoms with E-state index in [1.54, 1.807) is 0 Å². The molecule has 0 heterocycles. The maximum Gasteiger partial charge on any atom is 0.0605 e. The van der Waals surface area contributed by atoms with Gasteiger partial charge in [-0.05, 0) is 23.3 Å². The third-order valence-corrected chi connectivity index (χ3v) is 1.96. The van der Waals surface area contributed by atoms with E-state index in [-0.39, 0.29) is 0 Å². The van der Waals surface area contributed by atoms with Gasteiger partial charge in [-0.2, -0.15) is 10.8 Å². The Hall–Kier alpha value is 0.620. The highest BCUT2D eigenvalue weighted by atomic mass is 31.1. The lowest BCUT2D eigenvalue weighted by molar-refractivity contribution is -0.447. The summed E-state index contributed by atoms with van der Waals surface area (Å²) in [6.45, 7) is 3.76. The van der Waals surface area contributed by atoms with Crippen molar-refractivity contribution in [3.63, 3.8) is 0 Å². The topological polar surface area (TPSA) is 60.2 Å². The first kappa shape index (κ1) is 11.6. The summed E-state index contributed by atoms with van der Waals surface area (Å²) in [6.07, 6.45) is 0. The Balaban J connectivity index is 3.58. The molecule has 0 amide bonds.